The van der Waals surface area contributed by atoms with Crippen LogP contribution >= 0.6 is 23.2 Å². The number of hydrogen-bond acceptors (Lipinski definition) is 5. The lowest BCUT2D eigenvalue weighted by Crippen LogP contribution is -2.47. The number of aliphatic hydroxyl groups excluding tert-OH is 1. The number of hydrogen-bond donors (Lipinski definition) is 1. The van der Waals surface area contributed by atoms with E-state index in [2.05, 4.69) is 11.8 Å². The van der Waals surface area contributed by atoms with E-state index in [9.17, 15) is 9.90 Å². The van der Waals surface area contributed by atoms with Crippen LogP contribution in [0.3, 0.4) is 0 Å². The van der Waals surface area contributed by atoms with E-state index in [4.69, 9.17) is 27.9 Å². The van der Waals surface area contributed by atoms with Crippen LogP contribution in [0.25, 0.3) is 0 Å². The van der Waals surface area contributed by atoms with Crippen LogP contribution in [0.15, 0.2) is 36.4 Å². The lowest BCUT2D eigenvalue weighted by molar-refractivity contribution is -0.134. The predicted molar refractivity (Wildman–Crippen MR) is 139 cm³/mol. The summed E-state index contributed by atoms with van der Waals surface area (Å²) < 4.78 is 6.58. The molecular weight excluding hydrogens is 473 g/mol. The Kier molecular flexibility index (Phi) is 9.10. The van der Waals surface area contributed by atoms with E-state index in [1.165, 1.54) is 0 Å². The number of amides is 1. The van der Waals surface area contributed by atoms with Gasteiger partial charge in [0.1, 0.15) is 11.9 Å². The van der Waals surface area contributed by atoms with Crippen molar-refractivity contribution in [1.29, 1.82) is 0 Å². The fourth-order valence-corrected chi connectivity index (χ4v) is 4.55. The molecule has 0 radical (unpaired) electrons. The first kappa shape index (κ1) is 26.6. The molecule has 186 valence electrons. The Bertz CT molecular complexity index is 1000. The third-order valence-electron chi connectivity index (χ3n) is 6.34. The van der Waals surface area contributed by atoms with Crippen molar-refractivity contribution in [3.8, 4) is 5.75 Å². The number of fused-ring (bicyclic) bond motifs is 1. The summed E-state index contributed by atoms with van der Waals surface area (Å²) in [5.74, 6) is 0.782. The standard InChI is InChI=1S/C26H35Cl2N3O3/c1-17-13-31(18(2)16-32)26(33)12-20-11-21(29(3)4)7-9-24(20)34-25(17)15-30(5)14-19-6-8-22(27)23(28)10-19/h6-11,17-18,25,32H,12-16H2,1-5H3/t17-,18+,25+/m1/s1. The van der Waals surface area contributed by atoms with Gasteiger partial charge < -0.3 is 19.6 Å². The van der Waals surface area contributed by atoms with Crippen molar-refractivity contribution < 1.29 is 14.6 Å². The van der Waals surface area contributed by atoms with Crippen molar-refractivity contribution >= 4 is 34.8 Å². The molecule has 3 rings (SSSR count). The summed E-state index contributed by atoms with van der Waals surface area (Å²) in [6.45, 7) is 5.76. The predicted octanol–water partition coefficient (Wildman–Crippen LogP) is 4.34. The van der Waals surface area contributed by atoms with Crippen LogP contribution in [0.5, 0.6) is 5.75 Å². The van der Waals surface area contributed by atoms with Gasteiger partial charge in [0.15, 0.2) is 0 Å². The number of rotatable bonds is 7. The highest BCUT2D eigenvalue weighted by Gasteiger charge is 2.31. The molecular formula is C26H35Cl2N3O3. The van der Waals surface area contributed by atoms with Crippen molar-refractivity contribution in [3.05, 3.63) is 57.6 Å². The van der Waals surface area contributed by atoms with E-state index in [0.717, 1.165) is 22.6 Å². The molecule has 0 spiro atoms. The maximum Gasteiger partial charge on any atom is 0.227 e. The minimum absolute atomic E-state index is 0.000957. The zero-order chi connectivity index (χ0) is 25.0. The fraction of sp³-hybridized carbons (Fsp3) is 0.500. The number of anilines is 1. The molecule has 0 aromatic heterocycles. The van der Waals surface area contributed by atoms with Crippen LogP contribution in [0.1, 0.15) is 25.0 Å². The molecule has 2 aromatic carbocycles. The molecule has 34 heavy (non-hydrogen) atoms. The molecule has 0 unspecified atom stereocenters. The van der Waals surface area contributed by atoms with Gasteiger partial charge in [-0.15, -0.1) is 0 Å². The van der Waals surface area contributed by atoms with E-state index in [0.29, 0.717) is 29.7 Å². The summed E-state index contributed by atoms with van der Waals surface area (Å²) in [7, 11) is 5.99. The van der Waals surface area contributed by atoms with Gasteiger partial charge in [0, 0.05) is 50.9 Å². The molecule has 0 aliphatic carbocycles. The molecule has 1 aliphatic rings. The first-order valence-electron chi connectivity index (χ1n) is 11.6. The molecule has 0 saturated heterocycles. The van der Waals surface area contributed by atoms with E-state index in [-0.39, 0.29) is 37.0 Å². The second-order valence-corrected chi connectivity index (χ2v) is 10.3. The number of carbonyl (C=O) groups is 1. The van der Waals surface area contributed by atoms with Gasteiger partial charge in [-0.25, -0.2) is 0 Å². The number of carbonyl (C=O) groups excluding carboxylic acids is 1. The highest BCUT2D eigenvalue weighted by molar-refractivity contribution is 6.42. The lowest BCUT2D eigenvalue weighted by Gasteiger charge is -2.34. The quantitative estimate of drug-likeness (QED) is 0.603. The van der Waals surface area contributed by atoms with Crippen molar-refractivity contribution in [2.75, 3.05) is 45.7 Å². The summed E-state index contributed by atoms with van der Waals surface area (Å²) >= 11 is 12.3. The molecule has 2 aromatic rings. The van der Waals surface area contributed by atoms with Gasteiger partial charge in [0.2, 0.25) is 5.91 Å². The molecule has 1 heterocycles. The topological polar surface area (TPSA) is 56.3 Å². The van der Waals surface area contributed by atoms with Crippen molar-refractivity contribution in [1.82, 2.24) is 9.80 Å². The zero-order valence-corrected chi connectivity index (χ0v) is 22.1. The van der Waals surface area contributed by atoms with E-state index < -0.39 is 0 Å². The second kappa shape index (κ2) is 11.6. The highest BCUT2D eigenvalue weighted by Crippen LogP contribution is 2.30. The zero-order valence-electron chi connectivity index (χ0n) is 20.6. The molecule has 0 bridgehead atoms. The van der Waals surface area contributed by atoms with Crippen LogP contribution in [0.2, 0.25) is 10.0 Å². The summed E-state index contributed by atoms with van der Waals surface area (Å²) in [5.41, 5.74) is 2.93. The second-order valence-electron chi connectivity index (χ2n) is 9.52. The molecule has 1 amide bonds. The number of nitrogens with zero attached hydrogens (tertiary/aromatic N) is 3. The average Bonchev–Trinajstić information content (AvgIpc) is 2.83. The van der Waals surface area contributed by atoms with Gasteiger partial charge in [-0.2, -0.15) is 0 Å². The van der Waals surface area contributed by atoms with Gasteiger partial charge in [-0.3, -0.25) is 9.69 Å². The maximum absolute atomic E-state index is 13.3. The van der Waals surface area contributed by atoms with Gasteiger partial charge in [0.05, 0.1) is 29.1 Å². The Morgan fingerprint density at radius 3 is 2.53 bits per heavy atom. The van der Waals surface area contributed by atoms with Crippen LogP contribution in [-0.2, 0) is 17.8 Å². The van der Waals surface area contributed by atoms with E-state index >= 15 is 0 Å². The lowest BCUT2D eigenvalue weighted by atomic mass is 10.0. The minimum atomic E-state index is -0.261. The number of likely N-dealkylation sites (N-methyl/N-ethyl adjacent to an activating group) is 1. The number of halogens is 2. The van der Waals surface area contributed by atoms with Crippen molar-refractivity contribution in [2.24, 2.45) is 5.92 Å². The maximum atomic E-state index is 13.3. The van der Waals surface area contributed by atoms with Crippen LogP contribution in [0.4, 0.5) is 5.69 Å². The largest absolute Gasteiger partial charge is 0.488 e. The molecule has 0 saturated carbocycles. The van der Waals surface area contributed by atoms with Gasteiger partial charge in [-0.1, -0.05) is 36.2 Å². The molecule has 8 heteroatoms. The van der Waals surface area contributed by atoms with E-state index in [1.807, 2.05) is 69.4 Å². The van der Waals surface area contributed by atoms with Crippen LogP contribution in [0, 0.1) is 5.92 Å². The van der Waals surface area contributed by atoms with Gasteiger partial charge >= 0.3 is 0 Å². The summed E-state index contributed by atoms with van der Waals surface area (Å²) in [6.07, 6.45) is 0.0796. The Labute approximate surface area is 213 Å². The average molecular weight is 508 g/mol. The molecule has 0 fully saturated rings. The molecule has 1 N–H and O–H groups in total. The SMILES string of the molecule is C[C@@H]1CN([C@@H](C)CO)C(=O)Cc2cc(N(C)C)ccc2O[C@H]1CN(C)Cc1ccc(Cl)c(Cl)c1. The summed E-state index contributed by atoms with van der Waals surface area (Å²) in [4.78, 5) is 19.2. The Hall–Kier alpha value is -1.99. The Morgan fingerprint density at radius 2 is 1.88 bits per heavy atom. The first-order chi connectivity index (χ1) is 16.1. The fourth-order valence-electron chi connectivity index (χ4n) is 4.23. The minimum Gasteiger partial charge on any atom is -0.488 e. The third-order valence-corrected chi connectivity index (χ3v) is 7.08. The first-order valence-corrected chi connectivity index (χ1v) is 12.3. The van der Waals surface area contributed by atoms with Crippen molar-refractivity contribution in [2.45, 2.75) is 39.0 Å². The molecule has 6 nitrogen and oxygen atoms in total. The number of aliphatic hydroxyl groups is 1. The third kappa shape index (κ3) is 6.57. The number of ether oxygens (including phenoxy) is 1. The monoisotopic (exact) mass is 507 g/mol. The van der Waals surface area contributed by atoms with Gasteiger partial charge in [-0.05, 0) is 49.9 Å². The van der Waals surface area contributed by atoms with Crippen LogP contribution in [-0.4, -0.2) is 73.8 Å². The van der Waals surface area contributed by atoms with E-state index in [1.54, 1.807) is 4.90 Å². The number of benzene rings is 2. The summed E-state index contributed by atoms with van der Waals surface area (Å²) in [6, 6.07) is 11.4. The smallest absolute Gasteiger partial charge is 0.227 e. The van der Waals surface area contributed by atoms with Gasteiger partial charge in [0.25, 0.3) is 0 Å². The molecule has 3 atom stereocenters. The molecule has 1 aliphatic heterocycles. The Balaban J connectivity index is 1.89. The highest BCUT2D eigenvalue weighted by atomic mass is 35.5. The van der Waals surface area contributed by atoms with Crippen molar-refractivity contribution in [3.63, 3.8) is 0 Å². The normalized spacial score (nSPS) is 19.7. The van der Waals surface area contributed by atoms with Crippen LogP contribution < -0.4 is 9.64 Å². The summed E-state index contributed by atoms with van der Waals surface area (Å²) in [5, 5.41) is 10.9. The Morgan fingerprint density at radius 1 is 1.15 bits per heavy atom.